The second kappa shape index (κ2) is 9.73. The van der Waals surface area contributed by atoms with Crippen molar-refractivity contribution < 1.29 is 14.0 Å². The first-order valence-corrected chi connectivity index (χ1v) is 10.9. The SMILES string of the molecule is CCN1CCN(C(=O)c2cccc(F)c2)C[C@@H](Cc2cccc(-c3ccncc3)c2)C1=O. The molecule has 0 unspecified atom stereocenters. The van der Waals surface area contributed by atoms with E-state index in [2.05, 4.69) is 11.1 Å². The molecular formula is C26H26FN3O2. The van der Waals surface area contributed by atoms with Crippen LogP contribution in [-0.2, 0) is 11.2 Å². The fourth-order valence-corrected chi connectivity index (χ4v) is 4.21. The van der Waals surface area contributed by atoms with E-state index >= 15 is 0 Å². The minimum Gasteiger partial charge on any atom is -0.341 e. The quantitative estimate of drug-likeness (QED) is 0.612. The molecule has 1 aliphatic rings. The maximum Gasteiger partial charge on any atom is 0.254 e. The van der Waals surface area contributed by atoms with Crippen molar-refractivity contribution in [1.29, 1.82) is 0 Å². The first-order chi connectivity index (χ1) is 15.5. The molecule has 6 heteroatoms. The Morgan fingerprint density at radius 3 is 2.56 bits per heavy atom. The molecule has 1 aromatic heterocycles. The van der Waals surface area contributed by atoms with Crippen molar-refractivity contribution in [3.05, 3.63) is 90.0 Å². The molecule has 2 aromatic carbocycles. The molecule has 0 aliphatic carbocycles. The van der Waals surface area contributed by atoms with E-state index in [-0.39, 0.29) is 17.7 Å². The number of rotatable bonds is 5. The Bertz CT molecular complexity index is 1100. The van der Waals surface area contributed by atoms with Gasteiger partial charge in [-0.15, -0.1) is 0 Å². The van der Waals surface area contributed by atoms with E-state index in [0.29, 0.717) is 38.2 Å². The average Bonchev–Trinajstić information content (AvgIpc) is 2.98. The number of carbonyl (C=O) groups is 2. The van der Waals surface area contributed by atoms with Crippen LogP contribution in [0.3, 0.4) is 0 Å². The normalized spacial score (nSPS) is 16.7. The molecule has 2 heterocycles. The third kappa shape index (κ3) is 4.85. The molecular weight excluding hydrogens is 405 g/mol. The summed E-state index contributed by atoms with van der Waals surface area (Å²) < 4.78 is 13.7. The Labute approximate surface area is 187 Å². The number of likely N-dealkylation sites (N-methyl/N-ethyl adjacent to an activating group) is 1. The summed E-state index contributed by atoms with van der Waals surface area (Å²) in [6.07, 6.45) is 4.04. The van der Waals surface area contributed by atoms with Crippen LogP contribution >= 0.6 is 0 Å². The fraction of sp³-hybridized carbons (Fsp3) is 0.269. The van der Waals surface area contributed by atoms with Gasteiger partial charge in [0.15, 0.2) is 0 Å². The van der Waals surface area contributed by atoms with E-state index in [0.717, 1.165) is 16.7 Å². The maximum absolute atomic E-state index is 13.7. The lowest BCUT2D eigenvalue weighted by atomic mass is 9.95. The van der Waals surface area contributed by atoms with Crippen LogP contribution in [0.2, 0.25) is 0 Å². The van der Waals surface area contributed by atoms with Gasteiger partial charge in [0.25, 0.3) is 5.91 Å². The summed E-state index contributed by atoms with van der Waals surface area (Å²) >= 11 is 0. The number of halogens is 1. The maximum atomic E-state index is 13.7. The molecule has 32 heavy (non-hydrogen) atoms. The number of amides is 2. The summed E-state index contributed by atoms with van der Waals surface area (Å²) in [6, 6.07) is 17.7. The zero-order valence-corrected chi connectivity index (χ0v) is 18.1. The Balaban J connectivity index is 1.58. The summed E-state index contributed by atoms with van der Waals surface area (Å²) in [4.78, 5) is 33.8. The predicted octanol–water partition coefficient (Wildman–Crippen LogP) is 4.05. The molecule has 4 rings (SSSR count). The van der Waals surface area contributed by atoms with Gasteiger partial charge < -0.3 is 9.80 Å². The molecule has 1 atom stereocenters. The van der Waals surface area contributed by atoms with Crippen molar-refractivity contribution in [2.24, 2.45) is 5.92 Å². The lowest BCUT2D eigenvalue weighted by Crippen LogP contribution is -2.38. The van der Waals surface area contributed by atoms with E-state index in [9.17, 15) is 14.0 Å². The van der Waals surface area contributed by atoms with Crippen molar-refractivity contribution in [2.75, 3.05) is 26.2 Å². The van der Waals surface area contributed by atoms with Gasteiger partial charge >= 0.3 is 0 Å². The first-order valence-electron chi connectivity index (χ1n) is 10.9. The molecule has 2 amide bonds. The molecule has 0 bridgehead atoms. The Hall–Kier alpha value is -3.54. The van der Waals surface area contributed by atoms with Crippen LogP contribution in [-0.4, -0.2) is 52.8 Å². The minimum atomic E-state index is -0.443. The van der Waals surface area contributed by atoms with E-state index in [1.54, 1.807) is 28.3 Å². The van der Waals surface area contributed by atoms with Crippen LogP contribution in [0.5, 0.6) is 0 Å². The highest BCUT2D eigenvalue weighted by atomic mass is 19.1. The summed E-state index contributed by atoms with van der Waals surface area (Å²) in [5.41, 5.74) is 3.47. The summed E-state index contributed by atoms with van der Waals surface area (Å²) in [6.45, 7) is 3.76. The van der Waals surface area contributed by atoms with Gasteiger partial charge in [-0.05, 0) is 60.4 Å². The highest BCUT2D eigenvalue weighted by Gasteiger charge is 2.32. The van der Waals surface area contributed by atoms with Crippen molar-refractivity contribution in [3.63, 3.8) is 0 Å². The second-order valence-corrected chi connectivity index (χ2v) is 8.02. The van der Waals surface area contributed by atoms with E-state index in [1.165, 1.54) is 18.2 Å². The van der Waals surface area contributed by atoms with E-state index in [4.69, 9.17) is 0 Å². The number of hydrogen-bond donors (Lipinski definition) is 0. The van der Waals surface area contributed by atoms with Gasteiger partial charge in [0.2, 0.25) is 5.91 Å². The zero-order valence-electron chi connectivity index (χ0n) is 18.1. The molecule has 0 spiro atoms. The Morgan fingerprint density at radius 1 is 1.03 bits per heavy atom. The van der Waals surface area contributed by atoms with Gasteiger partial charge in [0.1, 0.15) is 5.82 Å². The van der Waals surface area contributed by atoms with Crippen LogP contribution in [0.15, 0.2) is 73.1 Å². The second-order valence-electron chi connectivity index (χ2n) is 8.02. The molecule has 1 aliphatic heterocycles. The first kappa shape index (κ1) is 21.7. The predicted molar refractivity (Wildman–Crippen MR) is 121 cm³/mol. The molecule has 3 aromatic rings. The summed E-state index contributed by atoms with van der Waals surface area (Å²) in [7, 11) is 0. The van der Waals surface area contributed by atoms with Crippen LogP contribution < -0.4 is 0 Å². The van der Waals surface area contributed by atoms with Gasteiger partial charge in [-0.2, -0.15) is 0 Å². The van der Waals surface area contributed by atoms with Crippen LogP contribution in [0.25, 0.3) is 11.1 Å². The number of nitrogens with zero attached hydrogens (tertiary/aromatic N) is 3. The molecule has 0 radical (unpaired) electrons. The number of aromatic nitrogens is 1. The smallest absolute Gasteiger partial charge is 0.254 e. The molecule has 5 nitrogen and oxygen atoms in total. The minimum absolute atomic E-state index is 0.0522. The lowest BCUT2D eigenvalue weighted by molar-refractivity contribution is -0.134. The van der Waals surface area contributed by atoms with Gasteiger partial charge in [-0.25, -0.2) is 4.39 Å². The molecule has 1 fully saturated rings. The van der Waals surface area contributed by atoms with Crippen molar-refractivity contribution in [1.82, 2.24) is 14.8 Å². The van der Waals surface area contributed by atoms with Gasteiger partial charge in [-0.3, -0.25) is 14.6 Å². The highest BCUT2D eigenvalue weighted by molar-refractivity contribution is 5.95. The largest absolute Gasteiger partial charge is 0.341 e. The number of carbonyl (C=O) groups excluding carboxylic acids is 2. The molecule has 1 saturated heterocycles. The molecule has 164 valence electrons. The fourth-order valence-electron chi connectivity index (χ4n) is 4.21. The average molecular weight is 432 g/mol. The van der Waals surface area contributed by atoms with Crippen LogP contribution in [0.1, 0.15) is 22.8 Å². The number of benzene rings is 2. The number of pyridine rings is 1. The zero-order chi connectivity index (χ0) is 22.5. The van der Waals surface area contributed by atoms with Gasteiger partial charge in [0, 0.05) is 44.1 Å². The Morgan fingerprint density at radius 2 is 1.81 bits per heavy atom. The summed E-state index contributed by atoms with van der Waals surface area (Å²) in [5.74, 6) is -0.994. The van der Waals surface area contributed by atoms with E-state index in [1.807, 2.05) is 37.3 Å². The van der Waals surface area contributed by atoms with Crippen LogP contribution in [0, 0.1) is 11.7 Å². The Kier molecular flexibility index (Phi) is 6.59. The highest BCUT2D eigenvalue weighted by Crippen LogP contribution is 2.23. The van der Waals surface area contributed by atoms with Crippen molar-refractivity contribution in [3.8, 4) is 11.1 Å². The van der Waals surface area contributed by atoms with Gasteiger partial charge in [0.05, 0.1) is 5.92 Å². The third-order valence-electron chi connectivity index (χ3n) is 5.90. The lowest BCUT2D eigenvalue weighted by Gasteiger charge is -2.24. The number of hydrogen-bond acceptors (Lipinski definition) is 3. The topological polar surface area (TPSA) is 53.5 Å². The van der Waals surface area contributed by atoms with Crippen molar-refractivity contribution >= 4 is 11.8 Å². The monoisotopic (exact) mass is 431 g/mol. The van der Waals surface area contributed by atoms with Crippen molar-refractivity contribution in [2.45, 2.75) is 13.3 Å². The van der Waals surface area contributed by atoms with E-state index < -0.39 is 5.82 Å². The third-order valence-corrected chi connectivity index (χ3v) is 5.90. The molecule has 0 N–H and O–H groups in total. The van der Waals surface area contributed by atoms with Crippen LogP contribution in [0.4, 0.5) is 4.39 Å². The van der Waals surface area contributed by atoms with Gasteiger partial charge in [-0.1, -0.05) is 30.3 Å². The standard InChI is InChI=1S/C26H26FN3O2/c1-2-29-13-14-30(25(31)22-7-4-8-24(27)17-22)18-23(26(29)32)16-19-5-3-6-21(15-19)20-9-11-28-12-10-20/h3-12,15,17,23H,2,13-14,16,18H2,1H3/t23-/m1/s1. The molecule has 0 saturated carbocycles. The summed E-state index contributed by atoms with van der Waals surface area (Å²) in [5, 5.41) is 0.